The van der Waals surface area contributed by atoms with E-state index in [4.69, 9.17) is 0 Å². The van der Waals surface area contributed by atoms with Gasteiger partial charge in [-0.2, -0.15) is 0 Å². The number of benzene rings is 5. The molecule has 3 heteroatoms. The summed E-state index contributed by atoms with van der Waals surface area (Å²) in [5, 5.41) is 23.1. The lowest BCUT2D eigenvalue weighted by Gasteiger charge is -2.61. The summed E-state index contributed by atoms with van der Waals surface area (Å²) in [5.41, 5.74) is 11.0. The Bertz CT molecular complexity index is 1830. The number of hydrogen-bond acceptors (Lipinski definition) is 2. The molecule has 4 bridgehead atoms. The maximum absolute atomic E-state index is 10.3. The van der Waals surface area contributed by atoms with Crippen molar-refractivity contribution in [2.45, 2.75) is 37.5 Å². The first-order chi connectivity index (χ1) is 20.1. The number of hydrogen-bond donors (Lipinski definition) is 2. The summed E-state index contributed by atoms with van der Waals surface area (Å²) < 4.78 is 0. The van der Waals surface area contributed by atoms with Gasteiger partial charge in [-0.3, -0.25) is 0 Å². The summed E-state index contributed by atoms with van der Waals surface area (Å²) in [4.78, 5) is 0. The zero-order valence-electron chi connectivity index (χ0n) is 23.1. The first-order valence-electron chi connectivity index (χ1n) is 15.4. The first kappa shape index (κ1) is 24.0. The molecule has 0 radical (unpaired) electrons. The van der Waals surface area contributed by atoms with Crippen molar-refractivity contribution < 1.29 is 10.0 Å². The van der Waals surface area contributed by atoms with Gasteiger partial charge in [0, 0.05) is 5.41 Å². The Hall–Kier alpha value is -3.66. The lowest BCUT2D eigenvalue weighted by atomic mass is 9.43. The summed E-state index contributed by atoms with van der Waals surface area (Å²) in [5.74, 6) is 3.22. The molecule has 2 nitrogen and oxygen atoms in total. The standard InChI is InChI=1S/C38H33BO2/c40-39(41)36-16-8-6-12-30(36)27-9-1-2-10-28(27)33-22-35-37(31-13-4-3-11-29(31)33)32-14-5-7-15-34(32)38(35)25-18-23-17-24(20-25)21-26(38)19-23/h1-16,22-26,40-41H,17-21H2. The van der Waals surface area contributed by atoms with Crippen LogP contribution in [0.3, 0.4) is 0 Å². The van der Waals surface area contributed by atoms with Gasteiger partial charge in [-0.1, -0.05) is 97.1 Å². The van der Waals surface area contributed by atoms with Crippen LogP contribution in [0, 0.1) is 23.7 Å². The largest absolute Gasteiger partial charge is 0.489 e. The lowest BCUT2D eigenvalue weighted by Crippen LogP contribution is -2.55. The van der Waals surface area contributed by atoms with Crippen LogP contribution in [-0.2, 0) is 5.41 Å². The smallest absolute Gasteiger partial charge is 0.423 e. The summed E-state index contributed by atoms with van der Waals surface area (Å²) in [7, 11) is -1.53. The van der Waals surface area contributed by atoms with E-state index in [0.29, 0.717) is 17.3 Å². The SMILES string of the molecule is OB(O)c1ccccc1-c1ccccc1-c1cc2c(c3ccccc13)-c1ccccc1C21C2CC3CC(C2)CC1C3. The third-order valence-corrected chi connectivity index (χ3v) is 11.3. The van der Waals surface area contributed by atoms with Crippen LogP contribution in [0.4, 0.5) is 0 Å². The van der Waals surface area contributed by atoms with Gasteiger partial charge in [0.1, 0.15) is 0 Å². The fourth-order valence-electron chi connectivity index (χ4n) is 10.1. The van der Waals surface area contributed by atoms with Gasteiger partial charge in [-0.15, -0.1) is 0 Å². The monoisotopic (exact) mass is 532 g/mol. The average Bonchev–Trinajstić information content (AvgIpc) is 3.30. The van der Waals surface area contributed by atoms with Crippen LogP contribution < -0.4 is 5.46 Å². The molecule has 4 saturated carbocycles. The van der Waals surface area contributed by atoms with Crippen LogP contribution in [0.5, 0.6) is 0 Å². The van der Waals surface area contributed by atoms with Crippen molar-refractivity contribution in [2.24, 2.45) is 23.7 Å². The highest BCUT2D eigenvalue weighted by Crippen LogP contribution is 2.70. The van der Waals surface area contributed by atoms with Crippen molar-refractivity contribution in [1.82, 2.24) is 0 Å². The molecule has 0 heterocycles. The Balaban J connectivity index is 1.37. The molecule has 5 aliphatic carbocycles. The Morgan fingerprint density at radius 1 is 0.512 bits per heavy atom. The van der Waals surface area contributed by atoms with E-state index in [-0.39, 0.29) is 5.41 Å². The third kappa shape index (κ3) is 3.17. The predicted octanol–water partition coefficient (Wildman–Crippen LogP) is 7.58. The van der Waals surface area contributed by atoms with E-state index < -0.39 is 7.12 Å². The fraction of sp³-hybridized carbons (Fsp3) is 0.263. The van der Waals surface area contributed by atoms with E-state index in [1.165, 1.54) is 59.6 Å². The first-order valence-corrected chi connectivity index (χ1v) is 15.4. The average molecular weight is 532 g/mol. The van der Waals surface area contributed by atoms with Crippen molar-refractivity contribution in [1.29, 1.82) is 0 Å². The Morgan fingerprint density at radius 3 is 1.73 bits per heavy atom. The summed E-state index contributed by atoms with van der Waals surface area (Å²) in [6.45, 7) is 0. The Morgan fingerprint density at radius 2 is 1.05 bits per heavy atom. The summed E-state index contributed by atoms with van der Waals surface area (Å²) in [6, 6.07) is 37.1. The van der Waals surface area contributed by atoms with Crippen molar-refractivity contribution >= 4 is 23.4 Å². The zero-order chi connectivity index (χ0) is 27.3. The molecule has 0 aliphatic heterocycles. The predicted molar refractivity (Wildman–Crippen MR) is 168 cm³/mol. The minimum absolute atomic E-state index is 0.0896. The molecule has 5 aliphatic rings. The maximum atomic E-state index is 10.3. The molecule has 0 atom stereocenters. The van der Waals surface area contributed by atoms with Gasteiger partial charge in [0.05, 0.1) is 0 Å². The molecule has 200 valence electrons. The second-order valence-corrected chi connectivity index (χ2v) is 13.1. The third-order valence-electron chi connectivity index (χ3n) is 11.3. The molecule has 1 spiro atoms. The van der Waals surface area contributed by atoms with Gasteiger partial charge >= 0.3 is 7.12 Å². The molecule has 2 N–H and O–H groups in total. The van der Waals surface area contributed by atoms with E-state index in [1.54, 1.807) is 11.1 Å². The van der Waals surface area contributed by atoms with Crippen LogP contribution in [0.15, 0.2) is 103 Å². The van der Waals surface area contributed by atoms with Gasteiger partial charge in [0.15, 0.2) is 0 Å². The van der Waals surface area contributed by atoms with Crippen molar-refractivity contribution in [3.8, 4) is 33.4 Å². The molecule has 0 unspecified atom stereocenters. The fourth-order valence-corrected chi connectivity index (χ4v) is 10.1. The van der Waals surface area contributed by atoms with E-state index in [0.717, 1.165) is 28.5 Å². The quantitative estimate of drug-likeness (QED) is 0.235. The summed E-state index contributed by atoms with van der Waals surface area (Å²) in [6.07, 6.45) is 6.90. The van der Waals surface area contributed by atoms with E-state index >= 15 is 0 Å². The minimum Gasteiger partial charge on any atom is -0.423 e. The van der Waals surface area contributed by atoms with Gasteiger partial charge in [-0.05, 0) is 123 Å². The van der Waals surface area contributed by atoms with E-state index in [9.17, 15) is 10.0 Å². The Labute approximate surface area is 241 Å². The van der Waals surface area contributed by atoms with Crippen LogP contribution in [0.2, 0.25) is 0 Å². The molecule has 5 aromatic rings. The summed E-state index contributed by atoms with van der Waals surface area (Å²) >= 11 is 0. The zero-order valence-corrected chi connectivity index (χ0v) is 23.1. The number of fused-ring (bicyclic) bond motifs is 5. The van der Waals surface area contributed by atoms with E-state index in [1.807, 2.05) is 24.3 Å². The highest BCUT2D eigenvalue weighted by atomic mass is 16.4. The molecule has 5 aromatic carbocycles. The molecule has 0 aromatic heterocycles. The van der Waals surface area contributed by atoms with Gasteiger partial charge in [0.25, 0.3) is 0 Å². The molecular formula is C38H33BO2. The van der Waals surface area contributed by atoms with Gasteiger partial charge < -0.3 is 10.0 Å². The van der Waals surface area contributed by atoms with Crippen molar-refractivity contribution in [3.63, 3.8) is 0 Å². The molecule has 0 saturated heterocycles. The molecule has 10 rings (SSSR count). The molecule has 4 fully saturated rings. The maximum Gasteiger partial charge on any atom is 0.489 e. The molecule has 41 heavy (non-hydrogen) atoms. The van der Waals surface area contributed by atoms with E-state index in [2.05, 4.69) is 78.9 Å². The molecule has 0 amide bonds. The number of rotatable bonds is 3. The van der Waals surface area contributed by atoms with Gasteiger partial charge in [-0.25, -0.2) is 0 Å². The van der Waals surface area contributed by atoms with Crippen LogP contribution >= 0.6 is 0 Å². The van der Waals surface area contributed by atoms with Crippen LogP contribution in [0.25, 0.3) is 44.2 Å². The van der Waals surface area contributed by atoms with Crippen molar-refractivity contribution in [3.05, 3.63) is 114 Å². The minimum atomic E-state index is -1.53. The normalized spacial score (nSPS) is 26.9. The second-order valence-electron chi connectivity index (χ2n) is 13.1. The Kier molecular flexibility index (Phi) is 5.08. The lowest BCUT2D eigenvalue weighted by molar-refractivity contribution is -0.0399. The highest BCUT2D eigenvalue weighted by molar-refractivity contribution is 6.60. The highest BCUT2D eigenvalue weighted by Gasteiger charge is 2.61. The van der Waals surface area contributed by atoms with Gasteiger partial charge in [0.2, 0.25) is 0 Å². The topological polar surface area (TPSA) is 40.5 Å². The van der Waals surface area contributed by atoms with Crippen LogP contribution in [0.1, 0.15) is 43.2 Å². The second kappa shape index (κ2) is 8.68. The molecular weight excluding hydrogens is 499 g/mol. The van der Waals surface area contributed by atoms with Crippen LogP contribution in [-0.4, -0.2) is 17.2 Å². The van der Waals surface area contributed by atoms with Crippen molar-refractivity contribution in [2.75, 3.05) is 0 Å².